The van der Waals surface area contributed by atoms with E-state index in [1.165, 1.54) is 17.3 Å². The number of thioether (sulfide) groups is 1. The van der Waals surface area contributed by atoms with Gasteiger partial charge in [0, 0.05) is 12.1 Å². The fourth-order valence-electron chi connectivity index (χ4n) is 2.86. The van der Waals surface area contributed by atoms with Gasteiger partial charge in [-0.15, -0.1) is 16.8 Å². The number of hydrogen-bond acceptors (Lipinski definition) is 6. The molecule has 2 aromatic carbocycles. The van der Waals surface area contributed by atoms with Gasteiger partial charge in [-0.25, -0.2) is 0 Å². The summed E-state index contributed by atoms with van der Waals surface area (Å²) >= 11 is 1.35. The minimum Gasteiger partial charge on any atom is -0.497 e. The van der Waals surface area contributed by atoms with E-state index < -0.39 is 0 Å². The van der Waals surface area contributed by atoms with Crippen LogP contribution in [0.25, 0.3) is 0 Å². The topological polar surface area (TPSA) is 66.2 Å². The van der Waals surface area contributed by atoms with Crippen LogP contribution >= 0.6 is 11.8 Å². The van der Waals surface area contributed by atoms with Crippen LogP contribution in [0.15, 0.2) is 60.3 Å². The molecule has 3 aromatic rings. The van der Waals surface area contributed by atoms with Crippen LogP contribution < -0.4 is 9.47 Å². The molecule has 7 heteroatoms. The molecule has 0 saturated heterocycles. The predicted octanol–water partition coefficient (Wildman–Crippen LogP) is 4.64. The average molecular weight is 424 g/mol. The van der Waals surface area contributed by atoms with Crippen molar-refractivity contribution in [3.63, 3.8) is 0 Å². The molecule has 1 aromatic heterocycles. The normalized spacial score (nSPS) is 10.6. The summed E-state index contributed by atoms with van der Waals surface area (Å²) < 4.78 is 13.0. The summed E-state index contributed by atoms with van der Waals surface area (Å²) in [5.74, 6) is 2.52. The van der Waals surface area contributed by atoms with Crippen LogP contribution in [-0.2, 0) is 13.2 Å². The van der Waals surface area contributed by atoms with Crippen LogP contribution in [0.1, 0.15) is 27.3 Å². The monoisotopic (exact) mass is 423 g/mol. The molecule has 0 aliphatic carbocycles. The molecular formula is C23H25N3O3S. The Morgan fingerprint density at radius 1 is 1.17 bits per heavy atom. The second-order valence-corrected chi connectivity index (χ2v) is 7.67. The van der Waals surface area contributed by atoms with E-state index in [0.717, 1.165) is 17.1 Å². The van der Waals surface area contributed by atoms with Crippen molar-refractivity contribution >= 4 is 17.5 Å². The summed E-state index contributed by atoms with van der Waals surface area (Å²) in [5.41, 5.74) is 2.91. The van der Waals surface area contributed by atoms with Crippen LogP contribution in [0.5, 0.6) is 11.5 Å². The molecular weight excluding hydrogens is 398 g/mol. The summed E-state index contributed by atoms with van der Waals surface area (Å²) in [5, 5.41) is 9.19. The van der Waals surface area contributed by atoms with Crippen molar-refractivity contribution in [2.45, 2.75) is 32.2 Å². The highest BCUT2D eigenvalue weighted by atomic mass is 32.2. The maximum absolute atomic E-state index is 12.5. The minimum absolute atomic E-state index is 0.0176. The first-order valence-corrected chi connectivity index (χ1v) is 10.5. The maximum atomic E-state index is 12.5. The number of carbonyl (C=O) groups is 1. The van der Waals surface area contributed by atoms with E-state index in [2.05, 4.69) is 29.8 Å². The fourth-order valence-corrected chi connectivity index (χ4v) is 3.72. The highest BCUT2D eigenvalue weighted by Gasteiger charge is 2.15. The first-order valence-electron chi connectivity index (χ1n) is 9.55. The molecule has 3 rings (SSSR count). The average Bonchev–Trinajstić information content (AvgIpc) is 3.15. The molecule has 156 valence electrons. The molecule has 1 heterocycles. The van der Waals surface area contributed by atoms with Crippen molar-refractivity contribution < 1.29 is 14.3 Å². The Labute approximate surface area is 180 Å². The molecule has 6 nitrogen and oxygen atoms in total. The summed E-state index contributed by atoms with van der Waals surface area (Å²) in [4.78, 5) is 12.5. The molecule has 0 fully saturated rings. The van der Waals surface area contributed by atoms with Gasteiger partial charge in [0.1, 0.15) is 18.1 Å². The van der Waals surface area contributed by atoms with E-state index in [9.17, 15) is 4.79 Å². The van der Waals surface area contributed by atoms with Crippen molar-refractivity contribution in [3.05, 3.63) is 77.6 Å². The van der Waals surface area contributed by atoms with Gasteiger partial charge in [0.2, 0.25) is 0 Å². The molecule has 0 bridgehead atoms. The van der Waals surface area contributed by atoms with Gasteiger partial charge in [0.15, 0.2) is 16.8 Å². The Morgan fingerprint density at radius 2 is 1.93 bits per heavy atom. The van der Waals surface area contributed by atoms with Gasteiger partial charge in [-0.1, -0.05) is 30.0 Å². The molecule has 0 amide bonds. The number of carbonyl (C=O) groups excluding carboxylic acids is 1. The summed E-state index contributed by atoms with van der Waals surface area (Å²) in [6.45, 7) is 8.73. The van der Waals surface area contributed by atoms with Crippen molar-refractivity contribution in [2.75, 3.05) is 12.9 Å². The molecule has 0 N–H and O–H groups in total. The van der Waals surface area contributed by atoms with E-state index in [1.807, 2.05) is 23.6 Å². The number of ketones is 1. The molecule has 0 radical (unpaired) electrons. The molecule has 0 saturated carbocycles. The Bertz CT molecular complexity index is 1030. The zero-order chi connectivity index (χ0) is 21.5. The zero-order valence-corrected chi connectivity index (χ0v) is 18.2. The Hall–Kier alpha value is -3.06. The van der Waals surface area contributed by atoms with E-state index in [0.29, 0.717) is 23.1 Å². The smallest absolute Gasteiger partial charge is 0.192 e. The van der Waals surface area contributed by atoms with Crippen LogP contribution in [0.3, 0.4) is 0 Å². The Morgan fingerprint density at radius 3 is 2.63 bits per heavy atom. The zero-order valence-electron chi connectivity index (χ0n) is 17.4. The number of nitrogens with zero attached hydrogens (tertiary/aromatic N) is 3. The van der Waals surface area contributed by atoms with Crippen molar-refractivity contribution in [2.24, 2.45) is 0 Å². The SMILES string of the molecule is C=CCn1c(COc2cccc(C)c2C)nnc1SCC(=O)c1ccc(OC)cc1. The third-order valence-corrected chi connectivity index (χ3v) is 5.73. The van der Waals surface area contributed by atoms with Gasteiger partial charge in [-0.05, 0) is 55.3 Å². The highest BCUT2D eigenvalue weighted by Crippen LogP contribution is 2.23. The molecule has 0 aliphatic heterocycles. The number of allylic oxidation sites excluding steroid dienone is 1. The summed E-state index contributed by atoms with van der Waals surface area (Å²) in [6, 6.07) is 13.1. The lowest BCUT2D eigenvalue weighted by molar-refractivity contribution is 0.102. The van der Waals surface area contributed by atoms with E-state index in [1.54, 1.807) is 37.5 Å². The van der Waals surface area contributed by atoms with Gasteiger partial charge in [0.25, 0.3) is 0 Å². The van der Waals surface area contributed by atoms with Gasteiger partial charge >= 0.3 is 0 Å². The largest absolute Gasteiger partial charge is 0.497 e. The van der Waals surface area contributed by atoms with E-state index in [4.69, 9.17) is 9.47 Å². The number of Topliss-reactive ketones (excluding diaryl/α,β-unsaturated/α-hetero) is 1. The predicted molar refractivity (Wildman–Crippen MR) is 119 cm³/mol. The molecule has 0 atom stereocenters. The Kier molecular flexibility index (Phi) is 7.30. The number of aromatic nitrogens is 3. The van der Waals surface area contributed by atoms with Crippen LogP contribution in [0.4, 0.5) is 0 Å². The lowest BCUT2D eigenvalue weighted by atomic mass is 10.1. The first kappa shape index (κ1) is 21.6. The summed E-state index contributed by atoms with van der Waals surface area (Å²) in [7, 11) is 1.60. The maximum Gasteiger partial charge on any atom is 0.192 e. The van der Waals surface area contributed by atoms with Crippen LogP contribution in [0, 0.1) is 13.8 Å². The van der Waals surface area contributed by atoms with Gasteiger partial charge in [-0.2, -0.15) is 0 Å². The van der Waals surface area contributed by atoms with Crippen LogP contribution in [0.2, 0.25) is 0 Å². The van der Waals surface area contributed by atoms with Gasteiger partial charge in [0.05, 0.1) is 12.9 Å². The fraction of sp³-hybridized carbons (Fsp3) is 0.261. The number of rotatable bonds is 10. The highest BCUT2D eigenvalue weighted by molar-refractivity contribution is 7.99. The second kappa shape index (κ2) is 10.1. The lowest BCUT2D eigenvalue weighted by Gasteiger charge is -2.12. The number of methoxy groups -OCH3 is 1. The van der Waals surface area contributed by atoms with E-state index in [-0.39, 0.29) is 18.1 Å². The van der Waals surface area contributed by atoms with Crippen molar-refractivity contribution in [3.8, 4) is 11.5 Å². The van der Waals surface area contributed by atoms with Crippen molar-refractivity contribution in [1.29, 1.82) is 0 Å². The number of ether oxygens (including phenoxy) is 2. The standard InChI is InChI=1S/C23H25N3O3S/c1-5-13-26-22(14-29-21-8-6-7-16(2)17(21)3)24-25-23(26)30-15-20(27)18-9-11-19(28-4)12-10-18/h5-12H,1,13-15H2,2-4H3. The van der Waals surface area contributed by atoms with Crippen molar-refractivity contribution in [1.82, 2.24) is 14.8 Å². The molecule has 0 aliphatic rings. The van der Waals surface area contributed by atoms with Crippen LogP contribution in [-0.4, -0.2) is 33.4 Å². The third-order valence-electron chi connectivity index (χ3n) is 4.76. The second-order valence-electron chi connectivity index (χ2n) is 6.73. The molecule has 30 heavy (non-hydrogen) atoms. The number of benzene rings is 2. The minimum atomic E-state index is 0.0176. The first-order chi connectivity index (χ1) is 14.5. The quantitative estimate of drug-likeness (QED) is 0.269. The number of aryl methyl sites for hydroxylation is 1. The Balaban J connectivity index is 1.68. The van der Waals surface area contributed by atoms with E-state index >= 15 is 0 Å². The number of hydrogen-bond donors (Lipinski definition) is 0. The lowest BCUT2D eigenvalue weighted by Crippen LogP contribution is -2.09. The van der Waals surface area contributed by atoms with Gasteiger partial charge in [-0.3, -0.25) is 9.36 Å². The van der Waals surface area contributed by atoms with Gasteiger partial charge < -0.3 is 9.47 Å². The third kappa shape index (κ3) is 5.10. The molecule has 0 unspecified atom stereocenters. The molecule has 0 spiro atoms. The summed E-state index contributed by atoms with van der Waals surface area (Å²) in [6.07, 6.45) is 1.78.